The standard InChI is InChI=1S/C64H32F4/c65-38-25-36(26-39(66)29-38)57-52-31-50-44-21-23-48-60-49(64-56(35-13-5-2-6-14-35)43-18-8-7-17-42(43)55(63(48)64)34-11-3-1-4-12-34)24-22-45(59(44)60)51(50)32-53(52)58(37-27-40(67)30-41(68)28-37)62-47-20-10-16-33-15-9-19-46(54(33)47)61(57)62/h1-32H. The van der Waals surface area contributed by atoms with Gasteiger partial charge < -0.3 is 0 Å². The smallest absolute Gasteiger partial charge is 0.126 e. The highest BCUT2D eigenvalue weighted by molar-refractivity contribution is 6.43. The van der Waals surface area contributed by atoms with Crippen LogP contribution in [0, 0.1) is 23.3 Å². The molecule has 14 aromatic rings. The normalized spacial score (nSPS) is 12.4. The number of halogens is 4. The van der Waals surface area contributed by atoms with Gasteiger partial charge in [0.05, 0.1) is 0 Å². The van der Waals surface area contributed by atoms with Crippen molar-refractivity contribution in [3.63, 3.8) is 0 Å². The van der Waals surface area contributed by atoms with Crippen LogP contribution < -0.4 is 0 Å². The van der Waals surface area contributed by atoms with E-state index in [1.165, 1.54) is 62.7 Å². The Kier molecular flexibility index (Phi) is 7.46. The fourth-order valence-electron chi connectivity index (χ4n) is 12.4. The lowest BCUT2D eigenvalue weighted by atomic mass is 9.82. The van der Waals surface area contributed by atoms with Crippen LogP contribution in [-0.4, -0.2) is 0 Å². The Bertz CT molecular complexity index is 4190. The minimum atomic E-state index is -0.694. The molecule has 0 spiro atoms. The van der Waals surface area contributed by atoms with Gasteiger partial charge in [0.15, 0.2) is 0 Å². The summed E-state index contributed by atoms with van der Waals surface area (Å²) in [6.45, 7) is 0. The molecule has 0 aliphatic heterocycles. The molecule has 0 saturated heterocycles. The second-order valence-corrected chi connectivity index (χ2v) is 18.3. The predicted octanol–water partition coefficient (Wildman–Crippen LogP) is 18.7. The van der Waals surface area contributed by atoms with Gasteiger partial charge in [0.1, 0.15) is 23.3 Å². The molecular weight excluding hydrogens is 845 g/mol. The van der Waals surface area contributed by atoms with Crippen molar-refractivity contribution in [2.45, 2.75) is 0 Å². The maximum Gasteiger partial charge on any atom is 0.126 e. The maximum atomic E-state index is 15.6. The summed E-state index contributed by atoms with van der Waals surface area (Å²) in [5.74, 6) is -2.78. The van der Waals surface area contributed by atoms with E-state index in [1.54, 1.807) is 0 Å². The van der Waals surface area contributed by atoms with Gasteiger partial charge in [-0.25, -0.2) is 17.6 Å². The lowest BCUT2D eigenvalue weighted by Gasteiger charge is -2.20. The van der Waals surface area contributed by atoms with Gasteiger partial charge in [0.2, 0.25) is 0 Å². The van der Waals surface area contributed by atoms with Gasteiger partial charge in [-0.05, 0) is 189 Å². The largest absolute Gasteiger partial charge is 0.207 e. The molecule has 0 fully saturated rings. The summed E-state index contributed by atoms with van der Waals surface area (Å²) in [5.41, 5.74) is 11.5. The molecule has 4 heteroatoms. The van der Waals surface area contributed by atoms with Gasteiger partial charge in [-0.15, -0.1) is 0 Å². The lowest BCUT2D eigenvalue weighted by molar-refractivity contribution is 0.583. The molecule has 0 N–H and O–H groups in total. The van der Waals surface area contributed by atoms with Gasteiger partial charge in [0, 0.05) is 12.1 Å². The molecule has 15 rings (SSSR count). The fourth-order valence-corrected chi connectivity index (χ4v) is 12.4. The zero-order valence-corrected chi connectivity index (χ0v) is 36.0. The first-order valence-corrected chi connectivity index (χ1v) is 22.8. The van der Waals surface area contributed by atoms with Crippen LogP contribution in [0.2, 0.25) is 0 Å². The predicted molar refractivity (Wildman–Crippen MR) is 275 cm³/mol. The highest BCUT2D eigenvalue weighted by atomic mass is 19.1. The van der Waals surface area contributed by atoms with Crippen LogP contribution in [0.5, 0.6) is 0 Å². The number of fused-ring (bicyclic) bond motifs is 11. The first-order chi connectivity index (χ1) is 33.4. The number of hydrogen-bond donors (Lipinski definition) is 0. The number of hydrogen-bond acceptors (Lipinski definition) is 0. The molecule has 14 aromatic carbocycles. The van der Waals surface area contributed by atoms with Crippen LogP contribution in [0.1, 0.15) is 0 Å². The Hall–Kier alpha value is -8.60. The average Bonchev–Trinajstić information content (AvgIpc) is 3.97. The average molecular weight is 877 g/mol. The third-order valence-corrected chi connectivity index (χ3v) is 14.8. The molecule has 316 valence electrons. The quantitative estimate of drug-likeness (QED) is 0.155. The fraction of sp³-hybridized carbons (Fsp3) is 0. The van der Waals surface area contributed by atoms with Crippen molar-refractivity contribution in [1.82, 2.24) is 0 Å². The summed E-state index contributed by atoms with van der Waals surface area (Å²) in [4.78, 5) is 0. The Labute approximate surface area is 386 Å². The van der Waals surface area contributed by atoms with Gasteiger partial charge in [-0.3, -0.25) is 0 Å². The van der Waals surface area contributed by atoms with Crippen LogP contribution in [0.3, 0.4) is 0 Å². The van der Waals surface area contributed by atoms with Crippen molar-refractivity contribution in [1.29, 1.82) is 0 Å². The summed E-state index contributed by atoms with van der Waals surface area (Å²) < 4.78 is 62.3. The van der Waals surface area contributed by atoms with E-state index in [4.69, 9.17) is 0 Å². The summed E-state index contributed by atoms with van der Waals surface area (Å²) in [6.07, 6.45) is 0. The molecule has 0 radical (unpaired) electrons. The topological polar surface area (TPSA) is 0 Å². The van der Waals surface area contributed by atoms with Crippen LogP contribution >= 0.6 is 0 Å². The van der Waals surface area contributed by atoms with Crippen molar-refractivity contribution >= 4 is 86.2 Å². The van der Waals surface area contributed by atoms with E-state index in [-0.39, 0.29) is 0 Å². The third-order valence-electron chi connectivity index (χ3n) is 14.8. The Morgan fingerprint density at radius 1 is 0.206 bits per heavy atom. The second-order valence-electron chi connectivity index (χ2n) is 18.3. The van der Waals surface area contributed by atoms with E-state index in [2.05, 4.69) is 121 Å². The minimum absolute atomic E-state index is 0.381. The van der Waals surface area contributed by atoms with Crippen molar-refractivity contribution < 1.29 is 17.6 Å². The summed E-state index contributed by atoms with van der Waals surface area (Å²) in [5, 5.41) is 15.5. The van der Waals surface area contributed by atoms with Gasteiger partial charge >= 0.3 is 0 Å². The number of rotatable bonds is 4. The molecule has 0 saturated carbocycles. The zero-order valence-electron chi connectivity index (χ0n) is 36.0. The molecule has 0 nitrogen and oxygen atoms in total. The van der Waals surface area contributed by atoms with Gasteiger partial charge in [-0.1, -0.05) is 146 Å². The minimum Gasteiger partial charge on any atom is -0.207 e. The van der Waals surface area contributed by atoms with Crippen molar-refractivity contribution in [3.05, 3.63) is 217 Å². The Morgan fingerprint density at radius 2 is 0.618 bits per heavy atom. The highest BCUT2D eigenvalue weighted by Crippen LogP contribution is 2.61. The monoisotopic (exact) mass is 876 g/mol. The van der Waals surface area contributed by atoms with Gasteiger partial charge in [-0.2, -0.15) is 0 Å². The summed E-state index contributed by atoms with van der Waals surface area (Å²) >= 11 is 0. The highest BCUT2D eigenvalue weighted by Gasteiger charge is 2.33. The van der Waals surface area contributed by atoms with E-state index < -0.39 is 23.3 Å². The molecule has 0 heterocycles. The molecule has 0 atom stereocenters. The molecule has 1 aliphatic carbocycles. The van der Waals surface area contributed by atoms with E-state index in [1.807, 2.05) is 36.4 Å². The third kappa shape index (κ3) is 4.93. The Balaban J connectivity index is 1.15. The molecule has 68 heavy (non-hydrogen) atoms. The second kappa shape index (κ2) is 13.5. The van der Waals surface area contributed by atoms with E-state index in [0.717, 1.165) is 104 Å². The molecule has 0 unspecified atom stereocenters. The maximum absolute atomic E-state index is 15.6. The number of benzene rings is 12. The summed E-state index contributed by atoms with van der Waals surface area (Å²) in [7, 11) is 0. The lowest BCUT2D eigenvalue weighted by Crippen LogP contribution is -1.93. The van der Waals surface area contributed by atoms with E-state index in [0.29, 0.717) is 22.3 Å². The van der Waals surface area contributed by atoms with Crippen molar-refractivity contribution in [2.24, 2.45) is 0 Å². The summed E-state index contributed by atoms with van der Waals surface area (Å²) in [6, 6.07) is 62.9. The van der Waals surface area contributed by atoms with Crippen LogP contribution in [0.4, 0.5) is 17.6 Å². The van der Waals surface area contributed by atoms with E-state index in [9.17, 15) is 0 Å². The molecule has 0 aromatic heterocycles. The first kappa shape index (κ1) is 37.6. The Morgan fingerprint density at radius 3 is 1.06 bits per heavy atom. The van der Waals surface area contributed by atoms with Gasteiger partial charge in [0.25, 0.3) is 0 Å². The van der Waals surface area contributed by atoms with E-state index >= 15 is 17.6 Å². The van der Waals surface area contributed by atoms with Crippen molar-refractivity contribution in [2.75, 3.05) is 0 Å². The molecular formula is C64H32F4. The SMILES string of the molecule is Fc1cc(F)cc(-c2c3cc4c(cc3c(-c3cc(F)cc(F)c3)c3c5cccc6cccc(c23)c65)c2ccc3c5c(ccc4c52)-c2c-3c(-c3ccccc3)c3ccccc3c2-c2ccccc2)c1. The molecule has 1 aliphatic rings. The van der Waals surface area contributed by atoms with Crippen LogP contribution in [-0.2, 0) is 0 Å². The van der Waals surface area contributed by atoms with Crippen molar-refractivity contribution in [3.8, 4) is 66.8 Å². The molecule has 0 bridgehead atoms. The van der Waals surface area contributed by atoms with Crippen LogP contribution in [0.25, 0.3) is 153 Å². The zero-order chi connectivity index (χ0) is 45.1. The van der Waals surface area contributed by atoms with Crippen LogP contribution in [0.15, 0.2) is 194 Å². The first-order valence-electron chi connectivity index (χ1n) is 22.8. The molecule has 0 amide bonds.